The first-order valence-corrected chi connectivity index (χ1v) is 5.05. The molecule has 0 atom stereocenters. The Bertz CT molecular complexity index is 675. The molecule has 3 heteroatoms. The van der Waals surface area contributed by atoms with Crippen LogP contribution >= 0.6 is 0 Å². The Kier molecular flexibility index (Phi) is 2.28. The highest BCUT2D eigenvalue weighted by Crippen LogP contribution is 2.17. The first-order chi connectivity index (χ1) is 7.54. The van der Waals surface area contributed by atoms with Gasteiger partial charge in [0.2, 0.25) is 5.43 Å². The molecule has 16 heavy (non-hydrogen) atoms. The summed E-state index contributed by atoms with van der Waals surface area (Å²) in [5.41, 5.74) is 3.01. The van der Waals surface area contributed by atoms with Crippen LogP contribution in [0.1, 0.15) is 16.7 Å². The summed E-state index contributed by atoms with van der Waals surface area (Å²) < 4.78 is 1.84. The normalized spacial score (nSPS) is 10.4. The van der Waals surface area contributed by atoms with Crippen molar-refractivity contribution in [1.82, 2.24) is 4.57 Å². The molecule has 2 rings (SSSR count). The standard InChI is InChI=1S/C13H12N2O/c1-8-4-9(2)12-11(5-8)13(16)10(6-14)7-15(12)3/h4-5,7H,1-3H3. The van der Waals surface area contributed by atoms with Gasteiger partial charge in [-0.3, -0.25) is 4.79 Å². The van der Waals surface area contributed by atoms with Gasteiger partial charge in [0.15, 0.2) is 0 Å². The molecule has 0 amide bonds. The zero-order valence-corrected chi connectivity index (χ0v) is 9.53. The SMILES string of the molecule is Cc1cc(C)c2c(c1)c(=O)c(C#N)cn2C. The smallest absolute Gasteiger partial charge is 0.207 e. The predicted octanol–water partition coefficient (Wildman–Crippen LogP) is 2.03. The molecule has 3 nitrogen and oxygen atoms in total. The third-order valence-electron chi connectivity index (χ3n) is 2.73. The highest BCUT2D eigenvalue weighted by molar-refractivity contribution is 5.83. The molecule has 0 saturated heterocycles. The van der Waals surface area contributed by atoms with E-state index in [9.17, 15) is 4.79 Å². The number of aromatic nitrogens is 1. The molecule has 2 aromatic rings. The summed E-state index contributed by atoms with van der Waals surface area (Å²) in [6.07, 6.45) is 1.59. The molecule has 1 aromatic heterocycles. The maximum atomic E-state index is 12.0. The van der Waals surface area contributed by atoms with Gasteiger partial charge in [-0.1, -0.05) is 6.07 Å². The number of nitriles is 1. The number of fused-ring (bicyclic) bond motifs is 1. The van der Waals surface area contributed by atoms with Crippen LogP contribution in [0, 0.1) is 25.2 Å². The van der Waals surface area contributed by atoms with Crippen molar-refractivity contribution in [1.29, 1.82) is 5.26 Å². The minimum atomic E-state index is -0.178. The topological polar surface area (TPSA) is 45.8 Å². The second-order valence-corrected chi connectivity index (χ2v) is 4.07. The Hall–Kier alpha value is -2.08. The van der Waals surface area contributed by atoms with Crippen LogP contribution in [0.4, 0.5) is 0 Å². The van der Waals surface area contributed by atoms with Gasteiger partial charge in [0.1, 0.15) is 11.6 Å². The third kappa shape index (κ3) is 1.40. The Morgan fingerprint density at radius 2 is 2.00 bits per heavy atom. The summed E-state index contributed by atoms with van der Waals surface area (Å²) in [5.74, 6) is 0. The van der Waals surface area contributed by atoms with Crippen LogP contribution in [0.3, 0.4) is 0 Å². The number of aryl methyl sites for hydroxylation is 3. The number of nitrogens with zero attached hydrogens (tertiary/aromatic N) is 2. The number of hydrogen-bond donors (Lipinski definition) is 0. The second-order valence-electron chi connectivity index (χ2n) is 4.07. The Labute approximate surface area is 93.6 Å². The number of rotatable bonds is 0. The Morgan fingerprint density at radius 1 is 1.31 bits per heavy atom. The molecule has 0 aliphatic carbocycles. The van der Waals surface area contributed by atoms with E-state index in [1.807, 2.05) is 43.7 Å². The fourth-order valence-corrected chi connectivity index (χ4v) is 2.14. The van der Waals surface area contributed by atoms with Crippen molar-refractivity contribution >= 4 is 10.9 Å². The summed E-state index contributed by atoms with van der Waals surface area (Å²) in [6, 6.07) is 5.81. The van der Waals surface area contributed by atoms with Crippen molar-refractivity contribution in [3.05, 3.63) is 45.2 Å². The van der Waals surface area contributed by atoms with E-state index >= 15 is 0 Å². The van der Waals surface area contributed by atoms with Gasteiger partial charge in [-0.15, -0.1) is 0 Å². The van der Waals surface area contributed by atoms with E-state index in [0.29, 0.717) is 5.39 Å². The molecule has 0 radical (unpaired) electrons. The molecule has 0 fully saturated rings. The van der Waals surface area contributed by atoms with E-state index in [4.69, 9.17) is 5.26 Å². The highest BCUT2D eigenvalue weighted by atomic mass is 16.1. The van der Waals surface area contributed by atoms with Crippen LogP contribution in [0.15, 0.2) is 23.1 Å². The average Bonchev–Trinajstić information content (AvgIpc) is 2.22. The van der Waals surface area contributed by atoms with Gasteiger partial charge in [-0.05, 0) is 31.0 Å². The van der Waals surface area contributed by atoms with Crippen LogP contribution < -0.4 is 5.43 Å². The molecular formula is C13H12N2O. The molecular weight excluding hydrogens is 200 g/mol. The Morgan fingerprint density at radius 3 is 2.62 bits per heavy atom. The lowest BCUT2D eigenvalue weighted by Crippen LogP contribution is -2.12. The van der Waals surface area contributed by atoms with Crippen LogP contribution in [0.5, 0.6) is 0 Å². The third-order valence-corrected chi connectivity index (χ3v) is 2.73. The van der Waals surface area contributed by atoms with Crippen molar-refractivity contribution in [3.63, 3.8) is 0 Å². The monoisotopic (exact) mass is 212 g/mol. The van der Waals surface area contributed by atoms with Gasteiger partial charge in [-0.2, -0.15) is 5.26 Å². The molecule has 0 spiro atoms. The molecule has 0 aliphatic heterocycles. The number of hydrogen-bond acceptors (Lipinski definition) is 2. The van der Waals surface area contributed by atoms with E-state index in [0.717, 1.165) is 16.6 Å². The van der Waals surface area contributed by atoms with Crippen LogP contribution in [0.25, 0.3) is 10.9 Å². The van der Waals surface area contributed by atoms with Crippen LogP contribution in [-0.2, 0) is 7.05 Å². The first kappa shape index (κ1) is 10.4. The fourth-order valence-electron chi connectivity index (χ4n) is 2.14. The van der Waals surface area contributed by atoms with Crippen molar-refractivity contribution < 1.29 is 0 Å². The molecule has 0 N–H and O–H groups in total. The van der Waals surface area contributed by atoms with Gasteiger partial charge in [0.25, 0.3) is 0 Å². The molecule has 0 saturated carbocycles. The van der Waals surface area contributed by atoms with Gasteiger partial charge in [-0.25, -0.2) is 0 Å². The zero-order chi connectivity index (χ0) is 11.9. The minimum Gasteiger partial charge on any atom is -0.349 e. The zero-order valence-electron chi connectivity index (χ0n) is 9.53. The molecule has 0 aliphatic rings. The van der Waals surface area contributed by atoms with Crippen molar-refractivity contribution in [2.24, 2.45) is 7.05 Å². The summed E-state index contributed by atoms with van der Waals surface area (Å²) in [7, 11) is 1.85. The van der Waals surface area contributed by atoms with Crippen molar-refractivity contribution in [2.75, 3.05) is 0 Å². The largest absolute Gasteiger partial charge is 0.349 e. The lowest BCUT2D eigenvalue weighted by Gasteiger charge is -2.09. The molecule has 0 bridgehead atoms. The molecule has 1 heterocycles. The van der Waals surface area contributed by atoms with E-state index in [1.165, 1.54) is 0 Å². The van der Waals surface area contributed by atoms with E-state index in [-0.39, 0.29) is 11.0 Å². The van der Waals surface area contributed by atoms with E-state index in [1.54, 1.807) is 6.20 Å². The second kappa shape index (κ2) is 3.49. The summed E-state index contributed by atoms with van der Waals surface area (Å²) in [5, 5.41) is 9.50. The first-order valence-electron chi connectivity index (χ1n) is 5.05. The van der Waals surface area contributed by atoms with Crippen LogP contribution in [0.2, 0.25) is 0 Å². The quantitative estimate of drug-likeness (QED) is 0.670. The minimum absolute atomic E-state index is 0.178. The summed E-state index contributed by atoms with van der Waals surface area (Å²) >= 11 is 0. The highest BCUT2D eigenvalue weighted by Gasteiger charge is 2.09. The lowest BCUT2D eigenvalue weighted by molar-refractivity contribution is 0.940. The van der Waals surface area contributed by atoms with E-state index in [2.05, 4.69) is 0 Å². The number of pyridine rings is 1. The average molecular weight is 212 g/mol. The van der Waals surface area contributed by atoms with Crippen LogP contribution in [-0.4, -0.2) is 4.57 Å². The van der Waals surface area contributed by atoms with Gasteiger partial charge >= 0.3 is 0 Å². The molecule has 0 unspecified atom stereocenters. The Balaban J connectivity index is 3.10. The van der Waals surface area contributed by atoms with Crippen molar-refractivity contribution in [3.8, 4) is 6.07 Å². The van der Waals surface area contributed by atoms with Gasteiger partial charge in [0, 0.05) is 18.6 Å². The molecule has 80 valence electrons. The number of benzene rings is 1. The molecule has 1 aromatic carbocycles. The maximum absolute atomic E-state index is 12.0. The maximum Gasteiger partial charge on any atom is 0.207 e. The van der Waals surface area contributed by atoms with Crippen molar-refractivity contribution in [2.45, 2.75) is 13.8 Å². The predicted molar refractivity (Wildman–Crippen MR) is 63.4 cm³/mol. The van der Waals surface area contributed by atoms with Gasteiger partial charge in [0.05, 0.1) is 5.52 Å². The van der Waals surface area contributed by atoms with Gasteiger partial charge < -0.3 is 4.57 Å². The summed E-state index contributed by atoms with van der Waals surface area (Å²) in [4.78, 5) is 12.0. The lowest BCUT2D eigenvalue weighted by atomic mass is 10.0. The van der Waals surface area contributed by atoms with E-state index < -0.39 is 0 Å². The summed E-state index contributed by atoms with van der Waals surface area (Å²) in [6.45, 7) is 3.92. The fraction of sp³-hybridized carbons (Fsp3) is 0.231.